The smallest absolute Gasteiger partial charge is 0.242 e. The number of rotatable bonds is 7. The van der Waals surface area contributed by atoms with Crippen LogP contribution in [-0.4, -0.2) is 38.2 Å². The Hall–Kier alpha value is -2.67. The molecule has 0 bridgehead atoms. The van der Waals surface area contributed by atoms with Gasteiger partial charge in [0.1, 0.15) is 5.25 Å². The van der Waals surface area contributed by atoms with E-state index in [1.54, 1.807) is 17.3 Å². The van der Waals surface area contributed by atoms with Crippen LogP contribution in [0.15, 0.2) is 53.8 Å². The Morgan fingerprint density at radius 2 is 2.07 bits per heavy atom. The molecule has 1 fully saturated rings. The number of thioether (sulfide) groups is 1. The number of hydrogen-bond donors (Lipinski definition) is 1. The standard InChI is InChI=1S/C22H26N4O2S/c1-4-6-16(3)26-21(28)19(29-22(26)25-18-7-5-12-23-14-18)13-20(27)24-17-10-8-15(2)9-11-17/h5,7-12,14,16,19H,4,6,13H2,1-3H3,(H,24,27)/t16-,19-/m0/s1. The summed E-state index contributed by atoms with van der Waals surface area (Å²) in [6.07, 6.45) is 5.30. The van der Waals surface area contributed by atoms with Crippen molar-refractivity contribution in [2.24, 2.45) is 4.99 Å². The summed E-state index contributed by atoms with van der Waals surface area (Å²) in [5.41, 5.74) is 2.55. The lowest BCUT2D eigenvalue weighted by Crippen LogP contribution is -2.40. The Bertz CT molecular complexity index is 883. The highest BCUT2D eigenvalue weighted by molar-refractivity contribution is 8.15. The van der Waals surface area contributed by atoms with Crippen molar-refractivity contribution in [1.29, 1.82) is 0 Å². The third-order valence-electron chi connectivity index (χ3n) is 4.69. The zero-order valence-corrected chi connectivity index (χ0v) is 17.8. The van der Waals surface area contributed by atoms with Gasteiger partial charge in [0.15, 0.2) is 5.17 Å². The van der Waals surface area contributed by atoms with Crippen molar-refractivity contribution in [1.82, 2.24) is 9.88 Å². The highest BCUT2D eigenvalue weighted by Crippen LogP contribution is 2.34. The molecule has 0 unspecified atom stereocenters. The van der Waals surface area contributed by atoms with Crippen LogP contribution in [0.25, 0.3) is 0 Å². The molecule has 3 rings (SSSR count). The van der Waals surface area contributed by atoms with E-state index in [1.165, 1.54) is 11.8 Å². The fourth-order valence-corrected chi connectivity index (χ4v) is 4.44. The highest BCUT2D eigenvalue weighted by atomic mass is 32.2. The lowest BCUT2D eigenvalue weighted by Gasteiger charge is -2.24. The maximum Gasteiger partial charge on any atom is 0.242 e. The van der Waals surface area contributed by atoms with Crippen LogP contribution >= 0.6 is 11.8 Å². The zero-order valence-electron chi connectivity index (χ0n) is 17.0. The largest absolute Gasteiger partial charge is 0.326 e. The molecule has 1 N–H and O–H groups in total. The molecule has 0 radical (unpaired) electrons. The van der Waals surface area contributed by atoms with E-state index in [9.17, 15) is 9.59 Å². The molecule has 7 heteroatoms. The van der Waals surface area contributed by atoms with Crippen molar-refractivity contribution in [3.63, 3.8) is 0 Å². The van der Waals surface area contributed by atoms with E-state index in [-0.39, 0.29) is 24.3 Å². The van der Waals surface area contributed by atoms with Crippen molar-refractivity contribution in [3.05, 3.63) is 54.4 Å². The van der Waals surface area contributed by atoms with E-state index < -0.39 is 5.25 Å². The summed E-state index contributed by atoms with van der Waals surface area (Å²) in [6.45, 7) is 6.11. The number of carbonyl (C=O) groups is 2. The Morgan fingerprint density at radius 1 is 1.31 bits per heavy atom. The van der Waals surface area contributed by atoms with Gasteiger partial charge in [-0.2, -0.15) is 0 Å². The highest BCUT2D eigenvalue weighted by Gasteiger charge is 2.41. The molecule has 1 aliphatic heterocycles. The Labute approximate surface area is 175 Å². The normalized spacial score (nSPS) is 18.9. The molecule has 2 heterocycles. The number of hydrogen-bond acceptors (Lipinski definition) is 5. The average molecular weight is 411 g/mol. The van der Waals surface area contributed by atoms with E-state index >= 15 is 0 Å². The molecule has 1 aromatic heterocycles. The van der Waals surface area contributed by atoms with Gasteiger partial charge in [0, 0.05) is 24.3 Å². The van der Waals surface area contributed by atoms with E-state index in [0.29, 0.717) is 10.9 Å². The Balaban J connectivity index is 1.75. The third-order valence-corrected chi connectivity index (χ3v) is 5.84. The van der Waals surface area contributed by atoms with Crippen LogP contribution in [-0.2, 0) is 9.59 Å². The average Bonchev–Trinajstić information content (AvgIpc) is 2.99. The first-order chi connectivity index (χ1) is 14.0. The van der Waals surface area contributed by atoms with Gasteiger partial charge in [0.25, 0.3) is 0 Å². The van der Waals surface area contributed by atoms with Gasteiger partial charge in [0.2, 0.25) is 11.8 Å². The minimum absolute atomic E-state index is 0.0283. The minimum Gasteiger partial charge on any atom is -0.326 e. The van der Waals surface area contributed by atoms with Gasteiger partial charge in [-0.3, -0.25) is 19.5 Å². The van der Waals surface area contributed by atoms with Crippen molar-refractivity contribution in [2.45, 2.75) is 51.3 Å². The number of carbonyl (C=O) groups excluding carboxylic acids is 2. The second-order valence-electron chi connectivity index (χ2n) is 7.18. The number of nitrogens with zero attached hydrogens (tertiary/aromatic N) is 3. The number of anilines is 1. The van der Waals surface area contributed by atoms with E-state index in [0.717, 1.165) is 24.1 Å². The van der Waals surface area contributed by atoms with Crippen LogP contribution in [0.5, 0.6) is 0 Å². The maximum absolute atomic E-state index is 13.1. The van der Waals surface area contributed by atoms with Crippen LogP contribution < -0.4 is 5.32 Å². The van der Waals surface area contributed by atoms with Crippen LogP contribution in [0.3, 0.4) is 0 Å². The molecule has 6 nitrogen and oxygen atoms in total. The van der Waals surface area contributed by atoms with Gasteiger partial charge in [-0.25, -0.2) is 4.99 Å². The number of aromatic nitrogens is 1. The quantitative estimate of drug-likeness (QED) is 0.727. The molecular formula is C22H26N4O2S. The number of amides is 2. The summed E-state index contributed by atoms with van der Waals surface area (Å²) in [6, 6.07) is 11.3. The topological polar surface area (TPSA) is 74.7 Å². The second-order valence-corrected chi connectivity index (χ2v) is 8.35. The molecule has 29 heavy (non-hydrogen) atoms. The molecule has 0 aliphatic carbocycles. The first kappa shape index (κ1) is 21.0. The molecule has 0 spiro atoms. The molecule has 2 aromatic rings. The van der Waals surface area contributed by atoms with Crippen LogP contribution in [0.1, 0.15) is 38.7 Å². The first-order valence-electron chi connectivity index (χ1n) is 9.83. The fourth-order valence-electron chi connectivity index (χ4n) is 3.19. The molecule has 2 amide bonds. The Morgan fingerprint density at radius 3 is 2.72 bits per heavy atom. The molecule has 0 saturated carbocycles. The monoisotopic (exact) mass is 410 g/mol. The first-order valence-corrected chi connectivity index (χ1v) is 10.7. The summed E-state index contributed by atoms with van der Waals surface area (Å²) in [7, 11) is 0. The summed E-state index contributed by atoms with van der Waals surface area (Å²) in [5, 5.41) is 3.04. The van der Waals surface area contributed by atoms with Gasteiger partial charge in [-0.15, -0.1) is 0 Å². The molecule has 152 valence electrons. The van der Waals surface area contributed by atoms with Crippen LogP contribution in [0, 0.1) is 6.92 Å². The van der Waals surface area contributed by atoms with Gasteiger partial charge in [-0.1, -0.05) is 42.8 Å². The van der Waals surface area contributed by atoms with Crippen molar-refractivity contribution in [3.8, 4) is 0 Å². The molecule has 1 aromatic carbocycles. The second kappa shape index (κ2) is 9.69. The molecule has 1 aliphatic rings. The third kappa shape index (κ3) is 5.44. The van der Waals surface area contributed by atoms with Gasteiger partial charge in [-0.05, 0) is 44.5 Å². The zero-order chi connectivity index (χ0) is 20.8. The van der Waals surface area contributed by atoms with E-state index in [2.05, 4.69) is 22.2 Å². The summed E-state index contributed by atoms with van der Waals surface area (Å²) >= 11 is 1.36. The predicted octanol–water partition coefficient (Wildman–Crippen LogP) is 4.54. The number of pyridine rings is 1. The van der Waals surface area contributed by atoms with Gasteiger partial charge < -0.3 is 5.32 Å². The summed E-state index contributed by atoms with van der Waals surface area (Å²) in [4.78, 5) is 36.1. The molecular weight excluding hydrogens is 384 g/mol. The minimum atomic E-state index is -0.477. The van der Waals surface area contributed by atoms with Crippen LogP contribution in [0.2, 0.25) is 0 Å². The van der Waals surface area contributed by atoms with Crippen LogP contribution in [0.4, 0.5) is 11.4 Å². The number of amidine groups is 1. The fraction of sp³-hybridized carbons (Fsp3) is 0.364. The Kier molecular flexibility index (Phi) is 7.04. The number of aryl methyl sites for hydroxylation is 1. The SMILES string of the molecule is CCC[C@H](C)N1C(=O)[C@H](CC(=O)Nc2ccc(C)cc2)SC1=Nc1cccnc1. The number of nitrogens with one attached hydrogen (secondary N) is 1. The van der Waals surface area contributed by atoms with Gasteiger partial charge >= 0.3 is 0 Å². The van der Waals surface area contributed by atoms with E-state index in [4.69, 9.17) is 0 Å². The van der Waals surface area contributed by atoms with Crippen molar-refractivity contribution < 1.29 is 9.59 Å². The van der Waals surface area contributed by atoms with Crippen molar-refractivity contribution in [2.75, 3.05) is 5.32 Å². The summed E-state index contributed by atoms with van der Waals surface area (Å²) < 4.78 is 0. The summed E-state index contributed by atoms with van der Waals surface area (Å²) in [5.74, 6) is -0.233. The van der Waals surface area contributed by atoms with E-state index in [1.807, 2.05) is 50.2 Å². The lowest BCUT2D eigenvalue weighted by molar-refractivity contribution is -0.129. The molecule has 1 saturated heterocycles. The van der Waals surface area contributed by atoms with Crippen molar-refractivity contribution >= 4 is 40.1 Å². The maximum atomic E-state index is 13.1. The number of aliphatic imine (C=N–C) groups is 1. The molecule has 2 atom stereocenters. The predicted molar refractivity (Wildman–Crippen MR) is 118 cm³/mol. The lowest BCUT2D eigenvalue weighted by atomic mass is 10.1. The number of benzene rings is 1. The van der Waals surface area contributed by atoms with Gasteiger partial charge in [0.05, 0.1) is 11.9 Å².